The fourth-order valence-electron chi connectivity index (χ4n) is 1.62. The van der Waals surface area contributed by atoms with Crippen LogP contribution in [0.4, 0.5) is 5.69 Å². The molecule has 0 amide bonds. The van der Waals surface area contributed by atoms with Gasteiger partial charge in [0, 0.05) is 28.4 Å². The van der Waals surface area contributed by atoms with Gasteiger partial charge in [0.05, 0.1) is 5.02 Å². The highest BCUT2D eigenvalue weighted by molar-refractivity contribution is 7.98. The number of rotatable bonds is 4. The number of anilines is 1. The third-order valence-electron chi connectivity index (χ3n) is 2.57. The highest BCUT2D eigenvalue weighted by Crippen LogP contribution is 2.36. The molecule has 0 aliphatic carbocycles. The van der Waals surface area contributed by atoms with E-state index in [-0.39, 0.29) is 0 Å². The summed E-state index contributed by atoms with van der Waals surface area (Å²) in [6, 6.07) is 13.7. The van der Waals surface area contributed by atoms with Crippen LogP contribution in [0, 0.1) is 0 Å². The molecule has 0 aromatic heterocycles. The van der Waals surface area contributed by atoms with E-state index < -0.39 is 0 Å². The summed E-state index contributed by atoms with van der Waals surface area (Å²) in [6.07, 6.45) is 0. The van der Waals surface area contributed by atoms with Crippen molar-refractivity contribution in [1.29, 1.82) is 0 Å². The van der Waals surface area contributed by atoms with E-state index in [4.69, 9.17) is 23.2 Å². The van der Waals surface area contributed by atoms with E-state index in [1.165, 1.54) is 0 Å². The van der Waals surface area contributed by atoms with Gasteiger partial charge in [-0.2, -0.15) is 0 Å². The van der Waals surface area contributed by atoms with E-state index in [2.05, 4.69) is 5.32 Å². The molecule has 2 aromatic carbocycles. The first-order valence-corrected chi connectivity index (χ1v) is 7.29. The normalized spacial score (nSPS) is 10.4. The highest BCUT2D eigenvalue weighted by atomic mass is 35.5. The third kappa shape index (κ3) is 3.14. The van der Waals surface area contributed by atoms with Crippen molar-refractivity contribution in [3.05, 3.63) is 58.1 Å². The van der Waals surface area contributed by atoms with Gasteiger partial charge >= 0.3 is 0 Å². The zero-order valence-corrected chi connectivity index (χ0v) is 12.2. The molecular formula is C14H13Cl2NS. The standard InChI is InChI=1S/C14H13Cl2NS/c1-17-13-8-4-7-12(16)14(13)18-9-10-5-2-3-6-11(10)15/h2-8,17H,9H2,1H3. The Morgan fingerprint density at radius 3 is 2.44 bits per heavy atom. The van der Waals surface area contributed by atoms with Crippen molar-refractivity contribution < 1.29 is 0 Å². The van der Waals surface area contributed by atoms with Gasteiger partial charge in [0.1, 0.15) is 0 Å². The van der Waals surface area contributed by atoms with Crippen molar-refractivity contribution in [2.45, 2.75) is 10.6 Å². The van der Waals surface area contributed by atoms with E-state index >= 15 is 0 Å². The number of benzene rings is 2. The summed E-state index contributed by atoms with van der Waals surface area (Å²) in [5.41, 5.74) is 2.16. The van der Waals surface area contributed by atoms with Gasteiger partial charge < -0.3 is 5.32 Å². The summed E-state index contributed by atoms with van der Waals surface area (Å²) < 4.78 is 0. The minimum atomic E-state index is 0.763. The van der Waals surface area contributed by atoms with Crippen LogP contribution in [0.1, 0.15) is 5.56 Å². The van der Waals surface area contributed by atoms with Crippen LogP contribution < -0.4 is 5.32 Å². The Hall–Kier alpha value is -0.830. The van der Waals surface area contributed by atoms with Crippen molar-refractivity contribution in [1.82, 2.24) is 0 Å². The van der Waals surface area contributed by atoms with Gasteiger partial charge in [0.2, 0.25) is 0 Å². The Balaban J connectivity index is 2.18. The summed E-state index contributed by atoms with van der Waals surface area (Å²) in [5, 5.41) is 4.71. The first-order chi connectivity index (χ1) is 8.72. The summed E-state index contributed by atoms with van der Waals surface area (Å²) >= 11 is 14.0. The summed E-state index contributed by atoms with van der Waals surface area (Å²) in [6.45, 7) is 0. The Bertz CT molecular complexity index is 543. The topological polar surface area (TPSA) is 12.0 Å². The van der Waals surface area contributed by atoms with Crippen LogP contribution in [0.2, 0.25) is 10.0 Å². The Labute approximate surface area is 121 Å². The predicted octanol–water partition coefficient (Wildman–Crippen LogP) is 5.33. The molecule has 0 atom stereocenters. The monoisotopic (exact) mass is 297 g/mol. The quantitative estimate of drug-likeness (QED) is 0.766. The molecule has 0 saturated heterocycles. The summed E-state index contributed by atoms with van der Waals surface area (Å²) in [4.78, 5) is 1.06. The zero-order chi connectivity index (χ0) is 13.0. The zero-order valence-electron chi connectivity index (χ0n) is 9.91. The fourth-order valence-corrected chi connectivity index (χ4v) is 3.32. The molecule has 0 radical (unpaired) electrons. The lowest BCUT2D eigenvalue weighted by molar-refractivity contribution is 1.35. The summed E-state index contributed by atoms with van der Waals surface area (Å²) in [5.74, 6) is 0.804. The Morgan fingerprint density at radius 2 is 1.72 bits per heavy atom. The van der Waals surface area contributed by atoms with Gasteiger partial charge in [-0.3, -0.25) is 0 Å². The number of nitrogens with one attached hydrogen (secondary N) is 1. The van der Waals surface area contributed by atoms with Gasteiger partial charge in [-0.1, -0.05) is 47.5 Å². The van der Waals surface area contributed by atoms with Gasteiger partial charge in [-0.25, -0.2) is 0 Å². The average Bonchev–Trinajstić information content (AvgIpc) is 2.39. The van der Waals surface area contributed by atoms with E-state index in [9.17, 15) is 0 Å². The number of thioether (sulfide) groups is 1. The first-order valence-electron chi connectivity index (χ1n) is 5.55. The third-order valence-corrected chi connectivity index (χ3v) is 4.55. The minimum absolute atomic E-state index is 0.763. The van der Waals surface area contributed by atoms with Crippen LogP contribution in [-0.2, 0) is 5.75 Å². The molecule has 2 rings (SSSR count). The second kappa shape index (κ2) is 6.37. The highest BCUT2D eigenvalue weighted by Gasteiger charge is 2.08. The SMILES string of the molecule is CNc1cccc(Cl)c1SCc1ccccc1Cl. The second-order valence-corrected chi connectivity index (χ2v) is 5.55. The molecule has 1 N–H and O–H groups in total. The molecule has 0 fully saturated rings. The molecule has 18 heavy (non-hydrogen) atoms. The molecule has 0 bridgehead atoms. The van der Waals surface area contributed by atoms with Crippen molar-refractivity contribution >= 4 is 40.7 Å². The number of hydrogen-bond donors (Lipinski definition) is 1. The van der Waals surface area contributed by atoms with Gasteiger partial charge in [0.25, 0.3) is 0 Å². The second-order valence-electron chi connectivity index (χ2n) is 3.75. The first kappa shape index (κ1) is 13.6. The maximum Gasteiger partial charge on any atom is 0.0562 e. The predicted molar refractivity (Wildman–Crippen MR) is 82.0 cm³/mol. The molecule has 0 spiro atoms. The van der Waals surface area contributed by atoms with Gasteiger partial charge in [0.15, 0.2) is 0 Å². The van der Waals surface area contributed by atoms with Crippen LogP contribution in [-0.4, -0.2) is 7.05 Å². The lowest BCUT2D eigenvalue weighted by Crippen LogP contribution is -1.92. The summed E-state index contributed by atoms with van der Waals surface area (Å²) in [7, 11) is 1.89. The Morgan fingerprint density at radius 1 is 1.00 bits per heavy atom. The van der Waals surface area contributed by atoms with E-state index in [1.54, 1.807) is 11.8 Å². The van der Waals surface area contributed by atoms with Crippen molar-refractivity contribution in [3.8, 4) is 0 Å². The molecule has 0 saturated carbocycles. The molecule has 0 aliphatic heterocycles. The van der Waals surface area contributed by atoms with Crippen LogP contribution >= 0.6 is 35.0 Å². The average molecular weight is 298 g/mol. The molecule has 0 heterocycles. The smallest absolute Gasteiger partial charge is 0.0562 e. The van der Waals surface area contributed by atoms with E-state index in [0.29, 0.717) is 0 Å². The molecule has 2 aromatic rings. The number of hydrogen-bond acceptors (Lipinski definition) is 2. The van der Waals surface area contributed by atoms with Crippen LogP contribution in [0.3, 0.4) is 0 Å². The van der Waals surface area contributed by atoms with Crippen molar-refractivity contribution in [2.75, 3.05) is 12.4 Å². The molecular weight excluding hydrogens is 285 g/mol. The Kier molecular flexibility index (Phi) is 4.81. The molecule has 1 nitrogen and oxygen atoms in total. The van der Waals surface area contributed by atoms with E-state index in [1.807, 2.05) is 49.5 Å². The van der Waals surface area contributed by atoms with Crippen LogP contribution in [0.25, 0.3) is 0 Å². The maximum atomic E-state index is 6.22. The lowest BCUT2D eigenvalue weighted by atomic mass is 10.2. The van der Waals surface area contributed by atoms with Crippen LogP contribution in [0.15, 0.2) is 47.4 Å². The minimum Gasteiger partial charge on any atom is -0.387 e. The molecule has 0 unspecified atom stereocenters. The largest absolute Gasteiger partial charge is 0.387 e. The fraction of sp³-hybridized carbons (Fsp3) is 0.143. The van der Waals surface area contributed by atoms with E-state index in [0.717, 1.165) is 31.9 Å². The van der Waals surface area contributed by atoms with Crippen molar-refractivity contribution in [2.24, 2.45) is 0 Å². The molecule has 4 heteroatoms. The lowest BCUT2D eigenvalue weighted by Gasteiger charge is -2.11. The van der Waals surface area contributed by atoms with Crippen molar-refractivity contribution in [3.63, 3.8) is 0 Å². The number of halogens is 2. The molecule has 94 valence electrons. The van der Waals surface area contributed by atoms with Gasteiger partial charge in [-0.05, 0) is 23.8 Å². The molecule has 0 aliphatic rings. The van der Waals surface area contributed by atoms with Crippen LogP contribution in [0.5, 0.6) is 0 Å². The maximum absolute atomic E-state index is 6.22. The van der Waals surface area contributed by atoms with Gasteiger partial charge in [-0.15, -0.1) is 11.8 Å².